The largest absolute Gasteiger partial charge is 0.361 e. The molecule has 4 heterocycles. The van der Waals surface area contributed by atoms with Crippen molar-refractivity contribution >= 4 is 33.3 Å². The van der Waals surface area contributed by atoms with Crippen LogP contribution in [0.5, 0.6) is 0 Å². The van der Waals surface area contributed by atoms with Crippen LogP contribution in [0.25, 0.3) is 21.8 Å². The van der Waals surface area contributed by atoms with Crippen LogP contribution < -0.4 is 5.32 Å². The zero-order chi connectivity index (χ0) is 20.6. The van der Waals surface area contributed by atoms with Crippen molar-refractivity contribution < 1.29 is 0 Å². The summed E-state index contributed by atoms with van der Waals surface area (Å²) >= 11 is 0. The number of nitrogens with zero attached hydrogens (tertiary/aromatic N) is 3. The highest BCUT2D eigenvalue weighted by Gasteiger charge is 2.20. The molecule has 2 N–H and O–H groups in total. The maximum absolute atomic E-state index is 4.64. The van der Waals surface area contributed by atoms with Crippen LogP contribution in [0.2, 0.25) is 0 Å². The number of rotatable bonds is 4. The number of anilines is 2. The number of hydrogen-bond acceptors (Lipinski definition) is 4. The van der Waals surface area contributed by atoms with Gasteiger partial charge in [0.05, 0.1) is 17.4 Å². The van der Waals surface area contributed by atoms with E-state index < -0.39 is 0 Å². The molecule has 0 amide bonds. The van der Waals surface area contributed by atoms with Gasteiger partial charge in [0, 0.05) is 48.5 Å². The number of H-pyrrole nitrogens is 1. The molecule has 0 unspecified atom stereocenters. The van der Waals surface area contributed by atoms with E-state index in [1.165, 1.54) is 27.6 Å². The van der Waals surface area contributed by atoms with E-state index in [2.05, 4.69) is 67.6 Å². The second-order valence-electron chi connectivity index (χ2n) is 8.20. The Morgan fingerprint density at radius 3 is 2.94 bits per heavy atom. The molecule has 1 aliphatic rings. The molecule has 0 saturated heterocycles. The predicted molar refractivity (Wildman–Crippen MR) is 125 cm³/mol. The van der Waals surface area contributed by atoms with Crippen molar-refractivity contribution in [2.24, 2.45) is 0 Å². The van der Waals surface area contributed by atoms with Gasteiger partial charge in [0.15, 0.2) is 0 Å². The minimum absolute atomic E-state index is 0.938. The van der Waals surface area contributed by atoms with Crippen LogP contribution in [-0.4, -0.2) is 26.4 Å². The summed E-state index contributed by atoms with van der Waals surface area (Å²) < 4.78 is 0. The van der Waals surface area contributed by atoms with Gasteiger partial charge < -0.3 is 10.3 Å². The lowest BCUT2D eigenvalue weighted by Crippen LogP contribution is -2.30. The van der Waals surface area contributed by atoms with E-state index in [4.69, 9.17) is 0 Å². The second-order valence-corrected chi connectivity index (χ2v) is 8.20. The molecule has 0 atom stereocenters. The van der Waals surface area contributed by atoms with Crippen LogP contribution in [-0.2, 0) is 19.5 Å². The van der Waals surface area contributed by atoms with Crippen LogP contribution in [0, 0.1) is 0 Å². The third kappa shape index (κ3) is 3.53. The Kier molecular flexibility index (Phi) is 4.39. The van der Waals surface area contributed by atoms with Gasteiger partial charge >= 0.3 is 0 Å². The fourth-order valence-electron chi connectivity index (χ4n) is 4.53. The molecule has 3 aromatic heterocycles. The van der Waals surface area contributed by atoms with E-state index >= 15 is 0 Å². The number of benzene rings is 2. The van der Waals surface area contributed by atoms with Crippen molar-refractivity contribution in [1.29, 1.82) is 0 Å². The summed E-state index contributed by atoms with van der Waals surface area (Å²) in [6.07, 6.45) is 6.78. The van der Waals surface area contributed by atoms with Crippen LogP contribution in [0.4, 0.5) is 11.5 Å². The zero-order valence-electron chi connectivity index (χ0n) is 17.2. The average Bonchev–Trinajstić information content (AvgIpc) is 3.27. The Morgan fingerprint density at radius 1 is 0.968 bits per heavy atom. The first kappa shape index (κ1) is 18.1. The van der Waals surface area contributed by atoms with Crippen molar-refractivity contribution in [2.45, 2.75) is 19.5 Å². The molecular weight excluding hydrogens is 382 g/mol. The molecule has 5 aromatic rings. The summed E-state index contributed by atoms with van der Waals surface area (Å²) in [4.78, 5) is 15.0. The molecule has 31 heavy (non-hydrogen) atoms. The van der Waals surface area contributed by atoms with E-state index in [1.807, 2.05) is 36.8 Å². The predicted octanol–water partition coefficient (Wildman–Crippen LogP) is 5.41. The van der Waals surface area contributed by atoms with Crippen LogP contribution >= 0.6 is 0 Å². The number of aromatic amines is 1. The summed E-state index contributed by atoms with van der Waals surface area (Å²) in [5.74, 6) is 0.947. The third-order valence-corrected chi connectivity index (χ3v) is 6.10. The number of hydrogen-bond donors (Lipinski definition) is 2. The van der Waals surface area contributed by atoms with Gasteiger partial charge in [0.2, 0.25) is 0 Å². The number of para-hydroxylation sites is 1. The lowest BCUT2D eigenvalue weighted by Gasteiger charge is -2.29. The number of fused-ring (bicyclic) bond motifs is 3. The Labute approximate surface area is 180 Å². The fraction of sp³-hybridized carbons (Fsp3) is 0.154. The SMILES string of the molecule is c1ccc2ncc(Nc3nccc4c3CCN(Cc3ccc5[nH]ccc5c3)C4)cc2c1. The first-order valence-electron chi connectivity index (χ1n) is 10.7. The molecule has 2 aromatic carbocycles. The lowest BCUT2D eigenvalue weighted by molar-refractivity contribution is 0.245. The quantitative estimate of drug-likeness (QED) is 0.420. The van der Waals surface area contributed by atoms with Crippen LogP contribution in [0.3, 0.4) is 0 Å². The maximum Gasteiger partial charge on any atom is 0.133 e. The van der Waals surface area contributed by atoms with E-state index in [0.29, 0.717) is 0 Å². The van der Waals surface area contributed by atoms with E-state index in [1.54, 1.807) is 0 Å². The Hall–Kier alpha value is -3.70. The first-order chi connectivity index (χ1) is 15.3. The smallest absolute Gasteiger partial charge is 0.133 e. The topological polar surface area (TPSA) is 56.8 Å². The average molecular weight is 406 g/mol. The first-order valence-corrected chi connectivity index (χ1v) is 10.7. The molecule has 5 nitrogen and oxygen atoms in total. The zero-order valence-corrected chi connectivity index (χ0v) is 17.2. The monoisotopic (exact) mass is 405 g/mol. The van der Waals surface area contributed by atoms with Gasteiger partial charge in [-0.15, -0.1) is 0 Å². The van der Waals surface area contributed by atoms with E-state index in [9.17, 15) is 0 Å². The standard InChI is InChI=1S/C26H23N5/c1-2-4-24-19(3-1)14-22(15-29-24)30-26-23-9-12-31(17-21(23)8-11-28-26)16-18-5-6-25-20(13-18)7-10-27-25/h1-8,10-11,13-15,27H,9,12,16-17H2,(H,28,30). The molecule has 152 valence electrons. The van der Waals surface area contributed by atoms with Crippen molar-refractivity contribution in [3.63, 3.8) is 0 Å². The summed E-state index contributed by atoms with van der Waals surface area (Å²) in [6, 6.07) is 21.3. The summed E-state index contributed by atoms with van der Waals surface area (Å²) in [5.41, 5.74) is 7.18. The minimum Gasteiger partial charge on any atom is -0.361 e. The molecule has 0 fully saturated rings. The molecule has 0 bridgehead atoms. The van der Waals surface area contributed by atoms with Crippen LogP contribution in [0.1, 0.15) is 16.7 Å². The Morgan fingerprint density at radius 2 is 1.94 bits per heavy atom. The molecule has 1 aliphatic heterocycles. The molecule has 5 heteroatoms. The summed E-state index contributed by atoms with van der Waals surface area (Å²) in [7, 11) is 0. The highest BCUT2D eigenvalue weighted by atomic mass is 15.1. The number of pyridine rings is 2. The van der Waals surface area contributed by atoms with E-state index in [0.717, 1.165) is 48.5 Å². The Balaban J connectivity index is 1.22. The molecular formula is C26H23N5. The maximum atomic E-state index is 4.64. The van der Waals surface area contributed by atoms with Gasteiger partial charge in [0.25, 0.3) is 0 Å². The molecule has 0 saturated carbocycles. The normalized spacial score (nSPS) is 14.1. The Bertz CT molecular complexity index is 1390. The van der Waals surface area contributed by atoms with Gasteiger partial charge in [-0.1, -0.05) is 24.3 Å². The molecule has 6 rings (SSSR count). The van der Waals surface area contributed by atoms with Crippen molar-refractivity contribution in [1.82, 2.24) is 19.9 Å². The van der Waals surface area contributed by atoms with Gasteiger partial charge in [-0.2, -0.15) is 0 Å². The summed E-state index contributed by atoms with van der Waals surface area (Å²) in [5, 5.41) is 5.91. The number of nitrogens with one attached hydrogen (secondary N) is 2. The lowest BCUT2D eigenvalue weighted by atomic mass is 10.00. The van der Waals surface area contributed by atoms with E-state index in [-0.39, 0.29) is 0 Å². The fourth-order valence-corrected chi connectivity index (χ4v) is 4.53. The number of aromatic nitrogens is 3. The van der Waals surface area contributed by atoms with Crippen molar-refractivity contribution in [3.05, 3.63) is 95.9 Å². The minimum atomic E-state index is 0.938. The molecule has 0 spiro atoms. The van der Waals surface area contributed by atoms with Gasteiger partial charge in [0.1, 0.15) is 5.82 Å². The molecule has 0 radical (unpaired) electrons. The third-order valence-electron chi connectivity index (χ3n) is 6.10. The van der Waals surface area contributed by atoms with Crippen LogP contribution in [0.15, 0.2) is 79.3 Å². The van der Waals surface area contributed by atoms with Gasteiger partial charge in [-0.3, -0.25) is 9.88 Å². The highest BCUT2D eigenvalue weighted by molar-refractivity contribution is 5.82. The molecule has 0 aliphatic carbocycles. The van der Waals surface area contributed by atoms with Gasteiger partial charge in [-0.25, -0.2) is 4.98 Å². The summed E-state index contributed by atoms with van der Waals surface area (Å²) in [6.45, 7) is 2.92. The second kappa shape index (κ2) is 7.52. The highest BCUT2D eigenvalue weighted by Crippen LogP contribution is 2.28. The van der Waals surface area contributed by atoms with Gasteiger partial charge in [-0.05, 0) is 59.3 Å². The van der Waals surface area contributed by atoms with Crippen molar-refractivity contribution in [2.75, 3.05) is 11.9 Å². The van der Waals surface area contributed by atoms with Crippen molar-refractivity contribution in [3.8, 4) is 0 Å².